The van der Waals surface area contributed by atoms with Crippen LogP contribution in [-0.4, -0.2) is 43.5 Å². The third-order valence-corrected chi connectivity index (χ3v) is 7.13. The molecule has 3 atom stereocenters. The van der Waals surface area contributed by atoms with Crippen molar-refractivity contribution in [2.75, 3.05) is 14.1 Å². The van der Waals surface area contributed by atoms with Crippen LogP contribution in [0.1, 0.15) is 20.3 Å². The topological polar surface area (TPSA) is 37.4 Å². The van der Waals surface area contributed by atoms with Crippen LogP contribution in [0.25, 0.3) is 0 Å². The quantitative estimate of drug-likeness (QED) is 0.631. The Balaban J connectivity index is 2.40. The summed E-state index contributed by atoms with van der Waals surface area (Å²) in [7, 11) is 0.938. The zero-order chi connectivity index (χ0) is 11.4. The van der Waals surface area contributed by atoms with Crippen LogP contribution >= 0.6 is 0 Å². The van der Waals surface area contributed by atoms with E-state index in [4.69, 9.17) is 0 Å². The Morgan fingerprint density at radius 2 is 1.93 bits per heavy atom. The first-order chi connectivity index (χ1) is 6.80. The van der Waals surface area contributed by atoms with Crippen molar-refractivity contribution >= 4 is 9.84 Å². The van der Waals surface area contributed by atoms with Gasteiger partial charge in [-0.1, -0.05) is 12.2 Å². The number of hydrogen-bond acceptors (Lipinski definition) is 3. The number of likely N-dealkylation sites (N-methyl/N-ethyl adjacent to an activating group) is 1. The molecule has 0 aromatic rings. The molecule has 0 saturated carbocycles. The molecule has 1 saturated heterocycles. The summed E-state index contributed by atoms with van der Waals surface area (Å²) in [4.78, 5) is 2.00. The second-order valence-corrected chi connectivity index (χ2v) is 8.02. The fraction of sp³-hybridized carbons (Fsp3) is 0.818. The number of hydrogen-bond donors (Lipinski definition) is 0. The van der Waals surface area contributed by atoms with Crippen molar-refractivity contribution in [1.82, 2.24) is 4.90 Å². The third-order valence-electron chi connectivity index (χ3n) is 4.04. The first-order valence-electron chi connectivity index (χ1n) is 5.36. The van der Waals surface area contributed by atoms with E-state index in [9.17, 15) is 8.42 Å². The Hall–Kier alpha value is -0.350. The summed E-state index contributed by atoms with van der Waals surface area (Å²) in [6.45, 7) is 3.71. The molecular formula is C11H19NO2S. The van der Waals surface area contributed by atoms with E-state index in [0.717, 1.165) is 6.42 Å². The Kier molecular flexibility index (Phi) is 2.29. The van der Waals surface area contributed by atoms with Crippen molar-refractivity contribution in [2.24, 2.45) is 5.92 Å². The van der Waals surface area contributed by atoms with E-state index in [2.05, 4.69) is 6.08 Å². The monoisotopic (exact) mass is 229 g/mol. The number of rotatable bonds is 1. The molecule has 0 radical (unpaired) electrons. The van der Waals surface area contributed by atoms with Gasteiger partial charge >= 0.3 is 0 Å². The van der Waals surface area contributed by atoms with E-state index in [0.29, 0.717) is 5.92 Å². The van der Waals surface area contributed by atoms with Crippen molar-refractivity contribution in [3.05, 3.63) is 12.2 Å². The van der Waals surface area contributed by atoms with Crippen LogP contribution in [0.15, 0.2) is 12.2 Å². The number of sulfone groups is 1. The van der Waals surface area contributed by atoms with Gasteiger partial charge in [-0.05, 0) is 40.3 Å². The summed E-state index contributed by atoms with van der Waals surface area (Å²) in [5, 5.41) is -0.188. The molecule has 2 rings (SSSR count). The van der Waals surface area contributed by atoms with Gasteiger partial charge in [0.05, 0.1) is 10.00 Å². The second kappa shape index (κ2) is 3.08. The molecule has 2 aliphatic rings. The van der Waals surface area contributed by atoms with Gasteiger partial charge < -0.3 is 4.90 Å². The molecule has 0 N–H and O–H groups in total. The van der Waals surface area contributed by atoms with Crippen LogP contribution in [0.4, 0.5) is 0 Å². The van der Waals surface area contributed by atoms with Crippen LogP contribution in [0.2, 0.25) is 0 Å². The zero-order valence-electron chi connectivity index (χ0n) is 9.77. The Labute approximate surface area is 92.1 Å². The average molecular weight is 229 g/mol. The average Bonchev–Trinajstić information content (AvgIpc) is 2.16. The molecule has 0 bridgehead atoms. The molecule has 0 amide bonds. The van der Waals surface area contributed by atoms with Crippen molar-refractivity contribution in [1.29, 1.82) is 0 Å². The molecule has 1 aliphatic carbocycles. The van der Waals surface area contributed by atoms with Crippen molar-refractivity contribution < 1.29 is 8.42 Å². The van der Waals surface area contributed by atoms with Gasteiger partial charge in [-0.15, -0.1) is 0 Å². The minimum atomic E-state index is -2.95. The molecule has 3 nitrogen and oxygen atoms in total. The molecule has 1 fully saturated rings. The van der Waals surface area contributed by atoms with Crippen LogP contribution in [0.3, 0.4) is 0 Å². The number of allylic oxidation sites excluding steroid dienone is 1. The molecule has 86 valence electrons. The molecule has 15 heavy (non-hydrogen) atoms. The van der Waals surface area contributed by atoms with Gasteiger partial charge in [0, 0.05) is 6.04 Å². The first-order valence-corrected chi connectivity index (χ1v) is 6.91. The van der Waals surface area contributed by atoms with E-state index in [-0.39, 0.29) is 11.3 Å². The predicted octanol–water partition coefficient (Wildman–Crippen LogP) is 1.07. The Morgan fingerprint density at radius 1 is 1.33 bits per heavy atom. The van der Waals surface area contributed by atoms with Crippen LogP contribution in [-0.2, 0) is 9.84 Å². The highest BCUT2D eigenvalue weighted by molar-refractivity contribution is 7.95. The summed E-state index contributed by atoms with van der Waals surface area (Å²) in [5.74, 6) is 0.292. The van der Waals surface area contributed by atoms with Gasteiger partial charge in [0.25, 0.3) is 0 Å². The SMILES string of the molecule is CN(C)[C@@H]1C=CC[C@@H]2[C@H]1S(=O)(=O)C2(C)C. The number of fused-ring (bicyclic) bond motifs is 1. The van der Waals surface area contributed by atoms with Gasteiger partial charge in [-0.2, -0.15) is 0 Å². The minimum absolute atomic E-state index is 0.0572. The maximum Gasteiger partial charge on any atom is 0.160 e. The van der Waals surface area contributed by atoms with E-state index in [1.807, 2.05) is 38.9 Å². The highest BCUT2D eigenvalue weighted by atomic mass is 32.2. The molecule has 0 aromatic heterocycles. The van der Waals surface area contributed by atoms with E-state index >= 15 is 0 Å². The van der Waals surface area contributed by atoms with Crippen molar-refractivity contribution in [2.45, 2.75) is 36.3 Å². The minimum Gasteiger partial charge on any atom is -0.302 e. The fourth-order valence-corrected chi connectivity index (χ4v) is 5.61. The van der Waals surface area contributed by atoms with Gasteiger partial charge in [-0.3, -0.25) is 0 Å². The van der Waals surface area contributed by atoms with Crippen molar-refractivity contribution in [3.8, 4) is 0 Å². The standard InChI is InChI=1S/C11H19NO2S/c1-11(2)8-6-5-7-9(12(3)4)10(8)15(11,13)14/h5,7-10H,6H2,1-4H3/t8-,9-,10-/m1/s1. The lowest BCUT2D eigenvalue weighted by Gasteiger charge is -2.55. The summed E-state index contributed by atoms with van der Waals surface area (Å²) in [5.41, 5.74) is 0. The Bertz CT molecular complexity index is 395. The van der Waals surface area contributed by atoms with Crippen molar-refractivity contribution in [3.63, 3.8) is 0 Å². The third kappa shape index (κ3) is 1.24. The summed E-state index contributed by atoms with van der Waals surface area (Å²) < 4.78 is 23.8. The lowest BCUT2D eigenvalue weighted by Crippen LogP contribution is -2.68. The Morgan fingerprint density at radius 3 is 2.47 bits per heavy atom. The highest BCUT2D eigenvalue weighted by Gasteiger charge is 2.64. The molecule has 1 aliphatic heterocycles. The summed E-state index contributed by atoms with van der Waals surface area (Å²) in [6.07, 6.45) is 5.07. The molecule has 1 heterocycles. The van der Waals surface area contributed by atoms with Gasteiger partial charge in [0.1, 0.15) is 0 Å². The van der Waals surface area contributed by atoms with Crippen LogP contribution in [0, 0.1) is 5.92 Å². The summed E-state index contributed by atoms with van der Waals surface area (Å²) in [6, 6.07) is 0.0572. The largest absolute Gasteiger partial charge is 0.302 e. The van der Waals surface area contributed by atoms with Gasteiger partial charge in [0.15, 0.2) is 9.84 Å². The second-order valence-electron chi connectivity index (χ2n) is 5.34. The maximum absolute atomic E-state index is 12.2. The summed E-state index contributed by atoms with van der Waals surface area (Å²) >= 11 is 0. The lowest BCUT2D eigenvalue weighted by molar-refractivity contribution is 0.214. The van der Waals surface area contributed by atoms with Crippen LogP contribution < -0.4 is 0 Å². The maximum atomic E-state index is 12.2. The first kappa shape index (κ1) is 11.1. The fourth-order valence-electron chi connectivity index (χ4n) is 2.88. The lowest BCUT2D eigenvalue weighted by atomic mass is 9.80. The van der Waals surface area contributed by atoms with E-state index in [1.54, 1.807) is 0 Å². The predicted molar refractivity (Wildman–Crippen MR) is 61.5 cm³/mol. The molecule has 0 aromatic carbocycles. The molecular weight excluding hydrogens is 210 g/mol. The molecule has 0 unspecified atom stereocenters. The van der Waals surface area contributed by atoms with Gasteiger partial charge in [0.2, 0.25) is 0 Å². The normalized spacial score (nSPS) is 41.0. The van der Waals surface area contributed by atoms with E-state index < -0.39 is 14.6 Å². The van der Waals surface area contributed by atoms with Gasteiger partial charge in [-0.25, -0.2) is 8.42 Å². The smallest absolute Gasteiger partial charge is 0.160 e. The van der Waals surface area contributed by atoms with Crippen LogP contribution in [0.5, 0.6) is 0 Å². The highest BCUT2D eigenvalue weighted by Crippen LogP contribution is 2.51. The zero-order valence-corrected chi connectivity index (χ0v) is 10.6. The number of nitrogens with zero attached hydrogens (tertiary/aromatic N) is 1. The molecule has 4 heteroatoms. The molecule has 0 spiro atoms. The van der Waals surface area contributed by atoms with E-state index in [1.165, 1.54) is 0 Å².